The largest absolute Gasteiger partial charge is 0.480 e. The number of rotatable bonds is 3. The molecule has 2 N–H and O–H groups in total. The van der Waals surface area contributed by atoms with Crippen LogP contribution in [-0.2, 0) is 4.79 Å². The molecule has 0 saturated carbocycles. The van der Waals surface area contributed by atoms with Gasteiger partial charge in [0.2, 0.25) is 0 Å². The van der Waals surface area contributed by atoms with Crippen molar-refractivity contribution in [1.82, 2.24) is 15.5 Å². The first-order valence-corrected chi connectivity index (χ1v) is 4.41. The molecule has 0 radical (unpaired) electrons. The van der Waals surface area contributed by atoms with Crippen LogP contribution in [0.1, 0.15) is 17.4 Å². The standard InChI is InChI=1S/C8H8ClN3O3/c1-4(8(14)15)10-7(13)5-2-3-6(9)12-11-5/h2-4H,1H3,(H,10,13)(H,14,15)/t4-/m1/s1. The minimum absolute atomic E-state index is 0.0208. The van der Waals surface area contributed by atoms with Gasteiger partial charge in [0.05, 0.1) is 0 Å². The summed E-state index contributed by atoms with van der Waals surface area (Å²) in [5, 5.41) is 17.9. The Balaban J connectivity index is 2.69. The van der Waals surface area contributed by atoms with E-state index in [1.165, 1.54) is 19.1 Å². The highest BCUT2D eigenvalue weighted by Crippen LogP contribution is 2.02. The second-order valence-corrected chi connectivity index (χ2v) is 3.16. The lowest BCUT2D eigenvalue weighted by Gasteiger charge is -2.07. The summed E-state index contributed by atoms with van der Waals surface area (Å²) in [5.74, 6) is -1.72. The van der Waals surface area contributed by atoms with E-state index in [0.29, 0.717) is 0 Å². The van der Waals surface area contributed by atoms with E-state index in [9.17, 15) is 9.59 Å². The third-order valence-corrected chi connectivity index (χ3v) is 1.78. The Kier molecular flexibility index (Phi) is 3.56. The summed E-state index contributed by atoms with van der Waals surface area (Å²) in [7, 11) is 0. The van der Waals surface area contributed by atoms with Crippen molar-refractivity contribution in [2.75, 3.05) is 0 Å². The fourth-order valence-electron chi connectivity index (χ4n) is 0.769. The lowest BCUT2D eigenvalue weighted by molar-refractivity contribution is -0.138. The summed E-state index contributed by atoms with van der Waals surface area (Å²) >= 11 is 5.47. The van der Waals surface area contributed by atoms with Gasteiger partial charge in [0.25, 0.3) is 5.91 Å². The molecule has 1 aromatic heterocycles. The summed E-state index contributed by atoms with van der Waals surface area (Å²) in [5.41, 5.74) is 0.0208. The zero-order valence-electron chi connectivity index (χ0n) is 7.77. The van der Waals surface area contributed by atoms with Gasteiger partial charge in [0.15, 0.2) is 10.8 Å². The van der Waals surface area contributed by atoms with Gasteiger partial charge in [-0.3, -0.25) is 9.59 Å². The number of aromatic nitrogens is 2. The molecule has 6 nitrogen and oxygen atoms in total. The third kappa shape index (κ3) is 3.17. The molecule has 0 spiro atoms. The van der Waals surface area contributed by atoms with Crippen molar-refractivity contribution in [3.8, 4) is 0 Å². The molecule has 0 unspecified atom stereocenters. The SMILES string of the molecule is C[C@@H](NC(=O)c1ccc(Cl)nn1)C(=O)O. The zero-order chi connectivity index (χ0) is 11.4. The van der Waals surface area contributed by atoms with Crippen LogP contribution in [0, 0.1) is 0 Å². The highest BCUT2D eigenvalue weighted by molar-refractivity contribution is 6.29. The van der Waals surface area contributed by atoms with E-state index in [0.717, 1.165) is 0 Å². The van der Waals surface area contributed by atoms with Crippen molar-refractivity contribution in [2.45, 2.75) is 13.0 Å². The Morgan fingerprint density at radius 2 is 2.13 bits per heavy atom. The van der Waals surface area contributed by atoms with Gasteiger partial charge >= 0.3 is 5.97 Å². The lowest BCUT2D eigenvalue weighted by Crippen LogP contribution is -2.38. The Morgan fingerprint density at radius 1 is 1.47 bits per heavy atom. The maximum atomic E-state index is 11.4. The van der Waals surface area contributed by atoms with Crippen LogP contribution in [0.4, 0.5) is 0 Å². The molecule has 1 heterocycles. The maximum Gasteiger partial charge on any atom is 0.325 e. The molecule has 1 rings (SSSR count). The average molecular weight is 230 g/mol. The van der Waals surface area contributed by atoms with Crippen LogP contribution in [0.15, 0.2) is 12.1 Å². The monoisotopic (exact) mass is 229 g/mol. The van der Waals surface area contributed by atoms with Gasteiger partial charge in [0, 0.05) is 0 Å². The smallest absolute Gasteiger partial charge is 0.325 e. The Morgan fingerprint density at radius 3 is 2.60 bits per heavy atom. The van der Waals surface area contributed by atoms with Crippen LogP contribution < -0.4 is 5.32 Å². The van der Waals surface area contributed by atoms with Gasteiger partial charge in [-0.25, -0.2) is 0 Å². The quantitative estimate of drug-likeness (QED) is 0.779. The number of hydrogen-bond acceptors (Lipinski definition) is 4. The number of nitrogens with one attached hydrogen (secondary N) is 1. The van der Waals surface area contributed by atoms with E-state index in [1.54, 1.807) is 0 Å². The van der Waals surface area contributed by atoms with Gasteiger partial charge in [-0.05, 0) is 19.1 Å². The molecule has 1 atom stereocenters. The highest BCUT2D eigenvalue weighted by Gasteiger charge is 2.16. The molecule has 15 heavy (non-hydrogen) atoms. The summed E-state index contributed by atoms with van der Waals surface area (Å²) in [6.07, 6.45) is 0. The van der Waals surface area contributed by atoms with Crippen LogP contribution in [0.25, 0.3) is 0 Å². The van der Waals surface area contributed by atoms with E-state index >= 15 is 0 Å². The van der Waals surface area contributed by atoms with Gasteiger partial charge in [-0.15, -0.1) is 10.2 Å². The van der Waals surface area contributed by atoms with Crippen LogP contribution in [0.3, 0.4) is 0 Å². The van der Waals surface area contributed by atoms with Crippen LogP contribution in [0.5, 0.6) is 0 Å². The number of amides is 1. The number of carboxylic acid groups (broad SMARTS) is 1. The number of halogens is 1. The van der Waals surface area contributed by atoms with Crippen molar-refractivity contribution in [2.24, 2.45) is 0 Å². The van der Waals surface area contributed by atoms with E-state index in [2.05, 4.69) is 15.5 Å². The number of carbonyl (C=O) groups is 2. The molecule has 0 aliphatic rings. The van der Waals surface area contributed by atoms with Crippen molar-refractivity contribution in [1.29, 1.82) is 0 Å². The maximum absolute atomic E-state index is 11.4. The van der Waals surface area contributed by atoms with E-state index in [-0.39, 0.29) is 10.8 Å². The topological polar surface area (TPSA) is 92.2 Å². The summed E-state index contributed by atoms with van der Waals surface area (Å²) in [6.45, 7) is 1.35. The van der Waals surface area contributed by atoms with Crippen molar-refractivity contribution >= 4 is 23.5 Å². The van der Waals surface area contributed by atoms with E-state index < -0.39 is 17.9 Å². The molecular weight excluding hydrogens is 222 g/mol. The zero-order valence-corrected chi connectivity index (χ0v) is 8.52. The molecule has 7 heteroatoms. The molecular formula is C8H8ClN3O3. The second kappa shape index (κ2) is 4.70. The van der Waals surface area contributed by atoms with Gasteiger partial charge in [-0.2, -0.15) is 0 Å². The highest BCUT2D eigenvalue weighted by atomic mass is 35.5. The summed E-state index contributed by atoms with van der Waals surface area (Å²) in [4.78, 5) is 21.8. The second-order valence-electron chi connectivity index (χ2n) is 2.77. The normalized spacial score (nSPS) is 11.9. The molecule has 0 aromatic carbocycles. The number of hydrogen-bond donors (Lipinski definition) is 2. The molecule has 1 amide bonds. The van der Waals surface area contributed by atoms with Gasteiger partial charge < -0.3 is 10.4 Å². The average Bonchev–Trinajstić information content (AvgIpc) is 2.18. The van der Waals surface area contributed by atoms with E-state index in [4.69, 9.17) is 16.7 Å². The number of aliphatic carboxylic acids is 1. The van der Waals surface area contributed by atoms with Crippen LogP contribution >= 0.6 is 11.6 Å². The number of carbonyl (C=O) groups excluding carboxylic acids is 1. The molecule has 0 bridgehead atoms. The molecule has 80 valence electrons. The molecule has 0 saturated heterocycles. The van der Waals surface area contributed by atoms with Gasteiger partial charge in [-0.1, -0.05) is 11.6 Å². The summed E-state index contributed by atoms with van der Waals surface area (Å²) in [6, 6.07) is 1.78. The van der Waals surface area contributed by atoms with Crippen molar-refractivity contribution in [3.63, 3.8) is 0 Å². The Bertz CT molecular complexity index is 379. The van der Waals surface area contributed by atoms with E-state index in [1.807, 2.05) is 0 Å². The molecule has 0 aliphatic carbocycles. The van der Waals surface area contributed by atoms with Crippen LogP contribution in [0.2, 0.25) is 5.15 Å². The minimum atomic E-state index is -1.12. The predicted molar refractivity (Wildman–Crippen MR) is 51.6 cm³/mol. The molecule has 0 aliphatic heterocycles. The Labute approximate surface area is 90.3 Å². The summed E-state index contributed by atoms with van der Waals surface area (Å²) < 4.78 is 0. The van der Waals surface area contributed by atoms with Crippen molar-refractivity contribution in [3.05, 3.63) is 23.0 Å². The number of nitrogens with zero attached hydrogens (tertiary/aromatic N) is 2. The first-order chi connectivity index (χ1) is 7.00. The molecule has 1 aromatic rings. The fraction of sp³-hybridized carbons (Fsp3) is 0.250. The first kappa shape index (κ1) is 11.4. The lowest BCUT2D eigenvalue weighted by atomic mass is 10.3. The number of carboxylic acids is 1. The third-order valence-electron chi connectivity index (χ3n) is 1.58. The molecule has 0 fully saturated rings. The van der Waals surface area contributed by atoms with Crippen molar-refractivity contribution < 1.29 is 14.7 Å². The van der Waals surface area contributed by atoms with Crippen LogP contribution in [-0.4, -0.2) is 33.2 Å². The minimum Gasteiger partial charge on any atom is -0.480 e. The predicted octanol–water partition coefficient (Wildman–Crippen LogP) is 0.333. The van der Waals surface area contributed by atoms with Gasteiger partial charge in [0.1, 0.15) is 6.04 Å². The first-order valence-electron chi connectivity index (χ1n) is 4.03. The fourth-order valence-corrected chi connectivity index (χ4v) is 0.870. The Hall–Kier alpha value is -1.69.